The van der Waals surface area contributed by atoms with E-state index in [9.17, 15) is 22.8 Å². The second kappa shape index (κ2) is 9.09. The summed E-state index contributed by atoms with van der Waals surface area (Å²) in [5.74, 6) is -2.61. The molecule has 1 fully saturated rings. The maximum Gasteiger partial charge on any atom is 0.471 e. The van der Waals surface area contributed by atoms with Gasteiger partial charge in [-0.25, -0.2) is 0 Å². The van der Waals surface area contributed by atoms with E-state index in [2.05, 4.69) is 29.2 Å². The van der Waals surface area contributed by atoms with Crippen molar-refractivity contribution in [2.24, 2.45) is 0 Å². The number of carbonyl (C=O) groups is 2. The molecule has 5 nitrogen and oxygen atoms in total. The van der Waals surface area contributed by atoms with Gasteiger partial charge in [0, 0.05) is 26.2 Å². The Morgan fingerprint density at radius 3 is 1.79 bits per heavy atom. The molecule has 0 bridgehead atoms. The predicted molar refractivity (Wildman–Crippen MR) is 102 cm³/mol. The molecule has 1 aliphatic rings. The second-order valence-corrected chi connectivity index (χ2v) is 6.82. The lowest BCUT2D eigenvalue weighted by molar-refractivity contribution is -0.174. The van der Waals surface area contributed by atoms with Gasteiger partial charge in [0.2, 0.25) is 5.91 Å². The molecule has 154 valence electrons. The van der Waals surface area contributed by atoms with Crippen molar-refractivity contribution in [1.82, 2.24) is 15.1 Å². The van der Waals surface area contributed by atoms with Crippen molar-refractivity contribution in [3.8, 4) is 0 Å². The molecule has 8 heteroatoms. The molecule has 0 radical (unpaired) electrons. The number of alkyl halides is 3. The standard InChI is InChI=1S/C21H22F3N3O2/c22-21(23,24)20(29)25-15-18(28)26-11-13-27(14-12-26)19(16-7-3-1-4-8-16)17-9-5-2-6-10-17/h1-10,19H,11-15H2,(H,25,29). The molecule has 0 atom stereocenters. The van der Waals surface area contributed by atoms with Crippen LogP contribution in [0.3, 0.4) is 0 Å². The highest BCUT2D eigenvalue weighted by molar-refractivity contribution is 5.87. The highest BCUT2D eigenvalue weighted by Crippen LogP contribution is 2.29. The molecule has 3 rings (SSSR count). The first-order valence-electron chi connectivity index (χ1n) is 9.33. The third-order valence-electron chi connectivity index (χ3n) is 4.92. The Labute approximate surface area is 167 Å². The monoisotopic (exact) mass is 405 g/mol. The van der Waals surface area contributed by atoms with Crippen LogP contribution < -0.4 is 5.32 Å². The number of halogens is 3. The van der Waals surface area contributed by atoms with E-state index < -0.39 is 24.5 Å². The third-order valence-corrected chi connectivity index (χ3v) is 4.92. The Bertz CT molecular complexity index is 781. The lowest BCUT2D eigenvalue weighted by atomic mass is 9.96. The zero-order valence-electron chi connectivity index (χ0n) is 15.7. The van der Waals surface area contributed by atoms with Gasteiger partial charge in [0.15, 0.2) is 0 Å². The Morgan fingerprint density at radius 1 is 0.862 bits per heavy atom. The van der Waals surface area contributed by atoms with Gasteiger partial charge >= 0.3 is 12.1 Å². The summed E-state index contributed by atoms with van der Waals surface area (Å²) in [5.41, 5.74) is 2.27. The minimum atomic E-state index is -4.99. The number of benzene rings is 2. The van der Waals surface area contributed by atoms with Gasteiger partial charge in [0.25, 0.3) is 0 Å². The van der Waals surface area contributed by atoms with Crippen molar-refractivity contribution in [2.75, 3.05) is 32.7 Å². The van der Waals surface area contributed by atoms with E-state index in [0.29, 0.717) is 26.2 Å². The van der Waals surface area contributed by atoms with Crippen molar-refractivity contribution in [2.45, 2.75) is 12.2 Å². The molecule has 0 spiro atoms. The van der Waals surface area contributed by atoms with Crippen LogP contribution in [0.4, 0.5) is 13.2 Å². The van der Waals surface area contributed by atoms with Crippen LogP contribution in [0.2, 0.25) is 0 Å². The van der Waals surface area contributed by atoms with Crippen LogP contribution in [0.25, 0.3) is 0 Å². The molecule has 0 aliphatic carbocycles. The molecular weight excluding hydrogens is 383 g/mol. The fraction of sp³-hybridized carbons (Fsp3) is 0.333. The number of rotatable bonds is 5. The summed E-state index contributed by atoms with van der Waals surface area (Å²) in [7, 11) is 0. The summed E-state index contributed by atoms with van der Waals surface area (Å²) in [6, 6.07) is 20.1. The molecule has 0 aromatic heterocycles. The van der Waals surface area contributed by atoms with Crippen molar-refractivity contribution in [1.29, 1.82) is 0 Å². The first kappa shape index (κ1) is 20.9. The summed E-state index contributed by atoms with van der Waals surface area (Å²) >= 11 is 0. The quantitative estimate of drug-likeness (QED) is 0.832. The van der Waals surface area contributed by atoms with Gasteiger partial charge in [-0.2, -0.15) is 13.2 Å². The van der Waals surface area contributed by atoms with Gasteiger partial charge in [-0.3, -0.25) is 14.5 Å². The average Bonchev–Trinajstić information content (AvgIpc) is 2.73. The smallest absolute Gasteiger partial charge is 0.339 e. The van der Waals surface area contributed by atoms with Gasteiger partial charge in [-0.15, -0.1) is 0 Å². The van der Waals surface area contributed by atoms with Crippen LogP contribution in [-0.2, 0) is 9.59 Å². The number of nitrogens with zero attached hydrogens (tertiary/aromatic N) is 2. The van der Waals surface area contributed by atoms with Gasteiger partial charge < -0.3 is 10.2 Å². The fourth-order valence-electron chi connectivity index (χ4n) is 3.48. The summed E-state index contributed by atoms with van der Waals surface area (Å²) < 4.78 is 36.8. The third kappa shape index (κ3) is 5.35. The summed E-state index contributed by atoms with van der Waals surface area (Å²) in [4.78, 5) is 26.8. The van der Waals surface area contributed by atoms with Gasteiger partial charge in [-0.1, -0.05) is 60.7 Å². The van der Waals surface area contributed by atoms with E-state index in [4.69, 9.17) is 0 Å². The molecule has 0 unspecified atom stereocenters. The van der Waals surface area contributed by atoms with Crippen molar-refractivity contribution in [3.63, 3.8) is 0 Å². The Morgan fingerprint density at radius 2 is 1.34 bits per heavy atom. The number of hydrogen-bond acceptors (Lipinski definition) is 3. The van der Waals surface area contributed by atoms with Crippen LogP contribution in [0, 0.1) is 0 Å². The maximum absolute atomic E-state index is 12.3. The van der Waals surface area contributed by atoms with Crippen LogP contribution in [0.1, 0.15) is 17.2 Å². The van der Waals surface area contributed by atoms with Crippen LogP contribution >= 0.6 is 0 Å². The minimum Gasteiger partial charge on any atom is -0.339 e. The molecule has 1 heterocycles. The number of carbonyl (C=O) groups excluding carboxylic acids is 2. The average molecular weight is 405 g/mol. The summed E-state index contributed by atoms with van der Waals surface area (Å²) in [5, 5.41) is 1.64. The molecule has 2 aromatic carbocycles. The molecule has 0 saturated carbocycles. The lowest BCUT2D eigenvalue weighted by Gasteiger charge is -2.39. The topological polar surface area (TPSA) is 52.7 Å². The highest BCUT2D eigenvalue weighted by Gasteiger charge is 2.39. The predicted octanol–water partition coefficient (Wildman–Crippen LogP) is 2.60. The van der Waals surface area contributed by atoms with E-state index >= 15 is 0 Å². The van der Waals surface area contributed by atoms with Crippen LogP contribution in [-0.4, -0.2) is 60.5 Å². The van der Waals surface area contributed by atoms with E-state index in [1.54, 1.807) is 5.32 Å². The largest absolute Gasteiger partial charge is 0.471 e. The van der Waals surface area contributed by atoms with E-state index in [1.165, 1.54) is 4.90 Å². The maximum atomic E-state index is 12.3. The first-order chi connectivity index (χ1) is 13.9. The normalized spacial score (nSPS) is 15.4. The fourth-order valence-corrected chi connectivity index (χ4v) is 3.48. The van der Waals surface area contributed by atoms with Gasteiger partial charge in [-0.05, 0) is 11.1 Å². The van der Waals surface area contributed by atoms with E-state index in [-0.39, 0.29) is 6.04 Å². The SMILES string of the molecule is O=C(CNC(=O)C(F)(F)F)N1CCN(C(c2ccccc2)c2ccccc2)CC1. The van der Waals surface area contributed by atoms with E-state index in [0.717, 1.165) is 11.1 Å². The van der Waals surface area contributed by atoms with Crippen molar-refractivity contribution in [3.05, 3.63) is 71.8 Å². The zero-order valence-corrected chi connectivity index (χ0v) is 15.7. The van der Waals surface area contributed by atoms with Crippen molar-refractivity contribution >= 4 is 11.8 Å². The molecule has 2 amide bonds. The zero-order chi connectivity index (χ0) is 20.9. The van der Waals surface area contributed by atoms with Crippen LogP contribution in [0.15, 0.2) is 60.7 Å². The number of hydrogen-bond donors (Lipinski definition) is 1. The van der Waals surface area contributed by atoms with Crippen LogP contribution in [0.5, 0.6) is 0 Å². The first-order valence-corrected chi connectivity index (χ1v) is 9.33. The summed E-state index contributed by atoms with van der Waals surface area (Å²) in [6.07, 6.45) is -4.99. The Hall–Kier alpha value is -2.87. The second-order valence-electron chi connectivity index (χ2n) is 6.82. The molecule has 1 saturated heterocycles. The van der Waals surface area contributed by atoms with Crippen molar-refractivity contribution < 1.29 is 22.8 Å². The van der Waals surface area contributed by atoms with Gasteiger partial charge in [0.1, 0.15) is 0 Å². The molecule has 29 heavy (non-hydrogen) atoms. The lowest BCUT2D eigenvalue weighted by Crippen LogP contribution is -2.52. The molecule has 1 aliphatic heterocycles. The summed E-state index contributed by atoms with van der Waals surface area (Å²) in [6.45, 7) is 1.27. The minimum absolute atomic E-state index is 0.0274. The number of piperazine rings is 1. The molecule has 1 N–H and O–H groups in total. The van der Waals surface area contributed by atoms with Gasteiger partial charge in [0.05, 0.1) is 12.6 Å². The molecule has 2 aromatic rings. The van der Waals surface area contributed by atoms with E-state index in [1.807, 2.05) is 36.4 Å². The molecular formula is C21H22F3N3O2. The number of nitrogens with one attached hydrogen (secondary N) is 1. The Balaban J connectivity index is 1.63. The number of amides is 2. The Kier molecular flexibility index (Phi) is 6.53. The highest BCUT2D eigenvalue weighted by atomic mass is 19.4.